The first-order chi connectivity index (χ1) is 11.2. The molecule has 0 unspecified atom stereocenters. The van der Waals surface area contributed by atoms with E-state index >= 15 is 0 Å². The monoisotopic (exact) mass is 329 g/mol. The van der Waals surface area contributed by atoms with Gasteiger partial charge in [0.1, 0.15) is 5.60 Å². The molecule has 0 aromatic heterocycles. The third kappa shape index (κ3) is 4.32. The lowest BCUT2D eigenvalue weighted by Gasteiger charge is -2.25. The van der Waals surface area contributed by atoms with Crippen LogP contribution in [0.15, 0.2) is 42.5 Å². The molecule has 128 valence electrons. The molecule has 0 bridgehead atoms. The minimum atomic E-state index is -1.40. The zero-order valence-electron chi connectivity index (χ0n) is 14.2. The fraction of sp³-hybridized carbons (Fsp3) is 0.368. The number of hydrogen-bond donors (Lipinski definition) is 2. The van der Waals surface area contributed by atoms with Gasteiger partial charge in [0.2, 0.25) is 0 Å². The highest BCUT2D eigenvalue weighted by atomic mass is 16.6. The Labute approximate surface area is 141 Å². The van der Waals surface area contributed by atoms with Crippen molar-refractivity contribution in [1.29, 1.82) is 0 Å². The predicted octanol–water partition coefficient (Wildman–Crippen LogP) is 2.75. The van der Waals surface area contributed by atoms with Crippen LogP contribution in [-0.2, 0) is 20.7 Å². The van der Waals surface area contributed by atoms with E-state index in [-0.39, 0.29) is 6.42 Å². The van der Waals surface area contributed by atoms with Crippen LogP contribution in [-0.4, -0.2) is 28.7 Å². The van der Waals surface area contributed by atoms with Gasteiger partial charge in [-0.25, -0.2) is 0 Å². The van der Waals surface area contributed by atoms with Gasteiger partial charge < -0.3 is 15.6 Å². The van der Waals surface area contributed by atoms with Crippen molar-refractivity contribution in [3.8, 4) is 0 Å². The molecule has 5 nitrogen and oxygen atoms in total. The molecule has 2 atom stereocenters. The molecule has 0 aliphatic heterocycles. The molecule has 2 aromatic carbocycles. The summed E-state index contributed by atoms with van der Waals surface area (Å²) in [6.45, 7) is 5.08. The van der Waals surface area contributed by atoms with Crippen LogP contribution in [0.4, 0.5) is 0 Å². The number of aliphatic carboxylic acids is 1. The van der Waals surface area contributed by atoms with E-state index in [1.54, 1.807) is 20.8 Å². The van der Waals surface area contributed by atoms with Crippen molar-refractivity contribution in [2.24, 2.45) is 11.7 Å². The molecule has 0 amide bonds. The molecule has 0 saturated carbocycles. The summed E-state index contributed by atoms with van der Waals surface area (Å²) in [6, 6.07) is 12.7. The first-order valence-electron chi connectivity index (χ1n) is 7.87. The first kappa shape index (κ1) is 17.9. The smallest absolute Gasteiger partial charge is 0.322 e. The van der Waals surface area contributed by atoms with Crippen LogP contribution in [0.2, 0.25) is 0 Å². The van der Waals surface area contributed by atoms with Crippen LogP contribution >= 0.6 is 0 Å². The lowest BCUT2D eigenvalue weighted by atomic mass is 9.91. The van der Waals surface area contributed by atoms with Gasteiger partial charge in [-0.05, 0) is 43.5 Å². The number of fused-ring (bicyclic) bond motifs is 1. The van der Waals surface area contributed by atoms with Crippen molar-refractivity contribution in [2.75, 3.05) is 0 Å². The van der Waals surface area contributed by atoms with E-state index in [0.717, 1.165) is 16.3 Å². The topological polar surface area (TPSA) is 89.6 Å². The van der Waals surface area contributed by atoms with Crippen LogP contribution in [0.5, 0.6) is 0 Å². The molecule has 3 N–H and O–H groups in total. The fourth-order valence-corrected chi connectivity index (χ4v) is 2.67. The number of ether oxygens (including phenoxy) is 1. The highest BCUT2D eigenvalue weighted by molar-refractivity contribution is 5.95. The second kappa shape index (κ2) is 7.01. The third-order valence-corrected chi connectivity index (χ3v) is 3.69. The molecule has 0 aliphatic rings. The summed E-state index contributed by atoms with van der Waals surface area (Å²) in [5.74, 6) is -3.47. The van der Waals surface area contributed by atoms with Crippen molar-refractivity contribution in [3.63, 3.8) is 0 Å². The van der Waals surface area contributed by atoms with Crippen molar-refractivity contribution in [1.82, 2.24) is 0 Å². The molecule has 5 heteroatoms. The maximum absolute atomic E-state index is 12.2. The summed E-state index contributed by atoms with van der Waals surface area (Å²) in [4.78, 5) is 23.8. The summed E-state index contributed by atoms with van der Waals surface area (Å²) in [5, 5.41) is 11.5. The number of esters is 1. The van der Waals surface area contributed by atoms with Gasteiger partial charge >= 0.3 is 11.9 Å². The lowest BCUT2D eigenvalue weighted by molar-refractivity contribution is -0.167. The van der Waals surface area contributed by atoms with Gasteiger partial charge in [-0.3, -0.25) is 9.59 Å². The summed E-state index contributed by atoms with van der Waals surface area (Å²) >= 11 is 0. The van der Waals surface area contributed by atoms with E-state index in [0.29, 0.717) is 0 Å². The van der Waals surface area contributed by atoms with E-state index < -0.39 is 29.5 Å². The maximum Gasteiger partial charge on any atom is 0.322 e. The SMILES string of the molecule is CC(C)(C)OC(=O)[C@@H](C(=O)O)[C@H](N)Cc1cccc2ccccc12. The van der Waals surface area contributed by atoms with Crippen LogP contribution in [0.3, 0.4) is 0 Å². The predicted molar refractivity (Wildman–Crippen MR) is 92.6 cm³/mol. The number of carbonyl (C=O) groups is 2. The molecule has 24 heavy (non-hydrogen) atoms. The lowest BCUT2D eigenvalue weighted by Crippen LogP contribution is -2.45. The van der Waals surface area contributed by atoms with Gasteiger partial charge in [-0.1, -0.05) is 42.5 Å². The zero-order chi connectivity index (χ0) is 17.9. The Hall–Kier alpha value is -2.40. The molecule has 2 rings (SSSR count). The van der Waals surface area contributed by atoms with Gasteiger partial charge in [0.25, 0.3) is 0 Å². The Balaban J connectivity index is 2.26. The van der Waals surface area contributed by atoms with Crippen LogP contribution in [0, 0.1) is 5.92 Å². The number of carboxylic acid groups (broad SMARTS) is 1. The van der Waals surface area contributed by atoms with E-state index in [1.807, 2.05) is 42.5 Å². The van der Waals surface area contributed by atoms with Crippen molar-refractivity contribution < 1.29 is 19.4 Å². The minimum Gasteiger partial charge on any atom is -0.481 e. The molecule has 0 spiro atoms. The molecule has 2 aromatic rings. The largest absolute Gasteiger partial charge is 0.481 e. The quantitative estimate of drug-likeness (QED) is 0.650. The van der Waals surface area contributed by atoms with Crippen LogP contribution in [0.1, 0.15) is 26.3 Å². The maximum atomic E-state index is 12.2. The Morgan fingerprint density at radius 1 is 1.12 bits per heavy atom. The van der Waals surface area contributed by atoms with E-state index in [9.17, 15) is 14.7 Å². The molecule has 0 aliphatic carbocycles. The number of nitrogens with two attached hydrogens (primary N) is 1. The average molecular weight is 329 g/mol. The van der Waals surface area contributed by atoms with Crippen LogP contribution in [0.25, 0.3) is 10.8 Å². The number of carbonyl (C=O) groups excluding carboxylic acids is 1. The zero-order valence-corrected chi connectivity index (χ0v) is 14.2. The summed E-state index contributed by atoms with van der Waals surface area (Å²) in [7, 11) is 0. The Kier molecular flexibility index (Phi) is 5.24. The Bertz CT molecular complexity index is 743. The second-order valence-corrected chi connectivity index (χ2v) is 6.86. The minimum absolute atomic E-state index is 0.275. The highest BCUT2D eigenvalue weighted by Crippen LogP contribution is 2.22. The number of carboxylic acids is 1. The molecule has 0 radical (unpaired) electrons. The first-order valence-corrected chi connectivity index (χ1v) is 7.87. The third-order valence-electron chi connectivity index (χ3n) is 3.69. The molecular weight excluding hydrogens is 306 g/mol. The molecule has 0 heterocycles. The normalized spacial score (nSPS) is 14.2. The van der Waals surface area contributed by atoms with E-state index in [1.165, 1.54) is 0 Å². The average Bonchev–Trinajstić information content (AvgIpc) is 2.45. The Morgan fingerprint density at radius 3 is 2.38 bits per heavy atom. The van der Waals surface area contributed by atoms with Crippen molar-refractivity contribution in [3.05, 3.63) is 48.0 Å². The summed E-state index contributed by atoms with van der Waals surface area (Å²) < 4.78 is 5.21. The van der Waals surface area contributed by atoms with Gasteiger partial charge in [-0.15, -0.1) is 0 Å². The highest BCUT2D eigenvalue weighted by Gasteiger charge is 2.36. The van der Waals surface area contributed by atoms with Crippen LogP contribution < -0.4 is 5.73 Å². The molecular formula is C19H23NO4. The van der Waals surface area contributed by atoms with Gasteiger partial charge in [0, 0.05) is 6.04 Å². The Morgan fingerprint density at radius 2 is 1.75 bits per heavy atom. The molecule has 0 fully saturated rings. The fourth-order valence-electron chi connectivity index (χ4n) is 2.67. The summed E-state index contributed by atoms with van der Waals surface area (Å²) in [5.41, 5.74) is 6.23. The van der Waals surface area contributed by atoms with Gasteiger partial charge in [0.15, 0.2) is 5.92 Å². The number of benzene rings is 2. The van der Waals surface area contributed by atoms with Gasteiger partial charge in [-0.2, -0.15) is 0 Å². The second-order valence-electron chi connectivity index (χ2n) is 6.86. The number of hydrogen-bond acceptors (Lipinski definition) is 4. The van der Waals surface area contributed by atoms with E-state index in [2.05, 4.69) is 0 Å². The number of rotatable bonds is 5. The van der Waals surface area contributed by atoms with Crippen molar-refractivity contribution >= 4 is 22.7 Å². The summed E-state index contributed by atoms with van der Waals surface area (Å²) in [6.07, 6.45) is 0.275. The van der Waals surface area contributed by atoms with Gasteiger partial charge in [0.05, 0.1) is 0 Å². The standard InChI is InChI=1S/C19H23NO4/c1-19(2,3)24-18(23)16(17(21)22)15(20)11-13-9-6-8-12-7-4-5-10-14(12)13/h4-10,15-16H,11,20H2,1-3H3,(H,21,22)/t15-,16-/m1/s1. The van der Waals surface area contributed by atoms with Crippen molar-refractivity contribution in [2.45, 2.75) is 38.8 Å². The molecule has 0 saturated heterocycles. The van der Waals surface area contributed by atoms with E-state index in [4.69, 9.17) is 10.5 Å².